The van der Waals surface area contributed by atoms with Gasteiger partial charge in [0.05, 0.1) is 14.2 Å². The van der Waals surface area contributed by atoms with E-state index in [2.05, 4.69) is 0 Å². The molecule has 0 bridgehead atoms. The average Bonchev–Trinajstić information content (AvgIpc) is 2.73. The first-order valence-corrected chi connectivity index (χ1v) is 5.69. The highest BCUT2D eigenvalue weighted by molar-refractivity contribution is 6.08. The molecule has 3 amide bonds. The Kier molecular flexibility index (Phi) is 3.44. The Morgan fingerprint density at radius 1 is 1.14 bits per heavy atom. The van der Waals surface area contributed by atoms with Crippen LogP contribution in [-0.4, -0.2) is 32.3 Å². The van der Waals surface area contributed by atoms with Crippen LogP contribution >= 0.6 is 0 Å². The van der Waals surface area contributed by atoms with Crippen molar-refractivity contribution in [2.75, 3.05) is 14.2 Å². The molecule has 1 aromatic carbocycles. The third kappa shape index (κ3) is 2.14. The predicted molar refractivity (Wildman–Crippen MR) is 64.0 cm³/mol. The summed E-state index contributed by atoms with van der Waals surface area (Å²) < 4.78 is 50.2. The fourth-order valence-electron chi connectivity index (χ4n) is 2.11. The lowest BCUT2D eigenvalue weighted by Gasteiger charge is -2.30. The number of carbonyl (C=O) groups is 2. The molecule has 21 heavy (non-hydrogen) atoms. The van der Waals surface area contributed by atoms with Crippen LogP contribution in [0, 0.1) is 0 Å². The molecule has 2 N–H and O–H groups in total. The standard InChI is InChI=1S/C12H11F3N2O4/c1-20-6-3-4-7(8(5-6)21-2)11(12(13,14)15)9(18)16-10(19)17-11/h3-5H,1-2H3,(H2,16,17,18,19). The number of carbonyl (C=O) groups excluding carboxylic acids is 2. The zero-order valence-electron chi connectivity index (χ0n) is 11.0. The minimum Gasteiger partial charge on any atom is -0.497 e. The van der Waals surface area contributed by atoms with Crippen molar-refractivity contribution < 1.29 is 32.2 Å². The number of hydrogen-bond acceptors (Lipinski definition) is 4. The zero-order chi connectivity index (χ0) is 15.8. The number of benzene rings is 1. The number of nitrogens with one attached hydrogen (secondary N) is 2. The van der Waals surface area contributed by atoms with Crippen molar-refractivity contribution in [3.05, 3.63) is 23.8 Å². The summed E-state index contributed by atoms with van der Waals surface area (Å²) in [6.07, 6.45) is -5.05. The Morgan fingerprint density at radius 2 is 1.81 bits per heavy atom. The van der Waals surface area contributed by atoms with Crippen molar-refractivity contribution in [1.82, 2.24) is 10.6 Å². The Bertz CT molecular complexity index is 603. The lowest BCUT2D eigenvalue weighted by atomic mass is 9.88. The summed E-state index contributed by atoms with van der Waals surface area (Å²) in [5.74, 6) is -1.50. The minimum atomic E-state index is -5.05. The Labute approximate surface area is 117 Å². The molecule has 0 spiro atoms. The van der Waals surface area contributed by atoms with E-state index in [9.17, 15) is 22.8 Å². The summed E-state index contributed by atoms with van der Waals surface area (Å²) in [6, 6.07) is 2.23. The van der Waals surface area contributed by atoms with E-state index in [1.54, 1.807) is 10.6 Å². The molecule has 0 radical (unpaired) electrons. The first-order chi connectivity index (χ1) is 9.76. The second-order valence-electron chi connectivity index (χ2n) is 4.22. The van der Waals surface area contributed by atoms with Crippen LogP contribution in [0.5, 0.6) is 11.5 Å². The molecule has 0 aromatic heterocycles. The number of ether oxygens (including phenoxy) is 2. The van der Waals surface area contributed by atoms with Crippen LogP contribution in [0.1, 0.15) is 5.56 Å². The van der Waals surface area contributed by atoms with Crippen LogP contribution in [0.3, 0.4) is 0 Å². The molecular formula is C12H11F3N2O4. The normalized spacial score (nSPS) is 21.8. The molecule has 1 atom stereocenters. The van der Waals surface area contributed by atoms with E-state index in [0.29, 0.717) is 0 Å². The third-order valence-corrected chi connectivity index (χ3v) is 3.11. The lowest BCUT2D eigenvalue weighted by molar-refractivity contribution is -0.196. The van der Waals surface area contributed by atoms with Crippen LogP contribution < -0.4 is 20.1 Å². The molecular weight excluding hydrogens is 293 g/mol. The van der Waals surface area contributed by atoms with Gasteiger partial charge in [0.2, 0.25) is 5.54 Å². The summed E-state index contributed by atoms with van der Waals surface area (Å²) in [4.78, 5) is 23.0. The highest BCUT2D eigenvalue weighted by Crippen LogP contribution is 2.45. The maximum Gasteiger partial charge on any atom is 0.425 e. The SMILES string of the molecule is COc1ccc(C2(C(F)(F)F)NC(=O)NC2=O)c(OC)c1. The van der Waals surface area contributed by atoms with Crippen molar-refractivity contribution in [2.24, 2.45) is 0 Å². The molecule has 1 fully saturated rings. The maximum absolute atomic E-state index is 13.5. The van der Waals surface area contributed by atoms with Gasteiger partial charge in [-0.05, 0) is 12.1 Å². The largest absolute Gasteiger partial charge is 0.497 e. The first-order valence-electron chi connectivity index (χ1n) is 5.69. The number of amides is 3. The van der Waals surface area contributed by atoms with E-state index in [-0.39, 0.29) is 11.5 Å². The summed E-state index contributed by atoms with van der Waals surface area (Å²) >= 11 is 0. The van der Waals surface area contributed by atoms with Crippen LogP contribution in [0.4, 0.5) is 18.0 Å². The van der Waals surface area contributed by atoms with Gasteiger partial charge in [0.25, 0.3) is 5.91 Å². The van der Waals surface area contributed by atoms with E-state index < -0.39 is 29.2 Å². The van der Waals surface area contributed by atoms with Crippen molar-refractivity contribution in [3.63, 3.8) is 0 Å². The molecule has 0 aliphatic carbocycles. The molecule has 1 saturated heterocycles. The van der Waals surface area contributed by atoms with Gasteiger partial charge in [0.15, 0.2) is 0 Å². The molecule has 1 heterocycles. The van der Waals surface area contributed by atoms with Crippen molar-refractivity contribution >= 4 is 11.9 Å². The zero-order valence-corrected chi connectivity index (χ0v) is 11.0. The average molecular weight is 304 g/mol. The maximum atomic E-state index is 13.5. The van der Waals surface area contributed by atoms with Gasteiger partial charge in [-0.2, -0.15) is 13.2 Å². The molecule has 1 aromatic rings. The summed E-state index contributed by atoms with van der Waals surface area (Å²) in [5.41, 5.74) is -3.72. The number of imide groups is 1. The first kappa shape index (κ1) is 14.9. The van der Waals surface area contributed by atoms with Gasteiger partial charge < -0.3 is 14.8 Å². The highest BCUT2D eigenvalue weighted by Gasteiger charge is 2.67. The monoisotopic (exact) mass is 304 g/mol. The fourth-order valence-corrected chi connectivity index (χ4v) is 2.11. The minimum absolute atomic E-state index is 0.232. The number of urea groups is 1. The van der Waals surface area contributed by atoms with Crippen LogP contribution in [0.2, 0.25) is 0 Å². The van der Waals surface area contributed by atoms with E-state index in [4.69, 9.17) is 9.47 Å². The predicted octanol–water partition coefficient (Wildman–Crippen LogP) is 1.30. The van der Waals surface area contributed by atoms with E-state index in [1.165, 1.54) is 19.2 Å². The Balaban J connectivity index is 2.69. The third-order valence-electron chi connectivity index (χ3n) is 3.11. The molecule has 2 rings (SSSR count). The van der Waals surface area contributed by atoms with Gasteiger partial charge >= 0.3 is 12.2 Å². The van der Waals surface area contributed by atoms with E-state index in [0.717, 1.165) is 13.2 Å². The van der Waals surface area contributed by atoms with Crippen LogP contribution in [0.25, 0.3) is 0 Å². The van der Waals surface area contributed by atoms with Gasteiger partial charge in [-0.25, -0.2) is 4.79 Å². The number of hydrogen-bond donors (Lipinski definition) is 2. The Morgan fingerprint density at radius 3 is 2.24 bits per heavy atom. The smallest absolute Gasteiger partial charge is 0.425 e. The number of rotatable bonds is 3. The number of halogens is 3. The molecule has 1 aliphatic heterocycles. The number of methoxy groups -OCH3 is 2. The van der Waals surface area contributed by atoms with Gasteiger partial charge in [0, 0.05) is 11.6 Å². The second-order valence-corrected chi connectivity index (χ2v) is 4.22. The van der Waals surface area contributed by atoms with E-state index in [1.807, 2.05) is 0 Å². The quantitative estimate of drug-likeness (QED) is 0.825. The van der Waals surface area contributed by atoms with Crippen molar-refractivity contribution in [3.8, 4) is 11.5 Å². The van der Waals surface area contributed by atoms with E-state index >= 15 is 0 Å². The molecule has 1 aliphatic rings. The lowest BCUT2D eigenvalue weighted by Crippen LogP contribution is -2.55. The van der Waals surface area contributed by atoms with Crippen molar-refractivity contribution in [1.29, 1.82) is 0 Å². The summed E-state index contributed by atoms with van der Waals surface area (Å²) in [6.45, 7) is 0. The van der Waals surface area contributed by atoms with Gasteiger partial charge in [-0.1, -0.05) is 0 Å². The molecule has 9 heteroatoms. The molecule has 114 valence electrons. The Hall–Kier alpha value is -2.45. The van der Waals surface area contributed by atoms with Crippen molar-refractivity contribution in [2.45, 2.75) is 11.7 Å². The number of alkyl halides is 3. The second kappa shape index (κ2) is 4.83. The highest BCUT2D eigenvalue weighted by atomic mass is 19.4. The molecule has 1 unspecified atom stereocenters. The van der Waals surface area contributed by atoms with Crippen LogP contribution in [-0.2, 0) is 10.3 Å². The van der Waals surface area contributed by atoms with Gasteiger partial charge in [-0.15, -0.1) is 0 Å². The van der Waals surface area contributed by atoms with Crippen LogP contribution in [0.15, 0.2) is 18.2 Å². The topological polar surface area (TPSA) is 76.7 Å². The fraction of sp³-hybridized carbons (Fsp3) is 0.333. The molecule has 6 nitrogen and oxygen atoms in total. The summed E-state index contributed by atoms with van der Waals surface area (Å²) in [5, 5.41) is 3.24. The molecule has 0 saturated carbocycles. The summed E-state index contributed by atoms with van der Waals surface area (Å²) in [7, 11) is 2.48. The van der Waals surface area contributed by atoms with Gasteiger partial charge in [0.1, 0.15) is 11.5 Å². The van der Waals surface area contributed by atoms with Gasteiger partial charge in [-0.3, -0.25) is 10.1 Å².